The number of likely N-dealkylation sites (tertiary alicyclic amines) is 1. The quantitative estimate of drug-likeness (QED) is 0.923. The van der Waals surface area contributed by atoms with Crippen LogP contribution in [0, 0.1) is 12.8 Å². The number of piperidine rings is 1. The Balaban J connectivity index is 1.51. The standard InChI is InChI=1S/C19H27N5O/c1-14(2)24-13-20-22-18(24)12-16-7-9-23(10-8-16)19(25)21-17-6-4-5-15(3)11-17/h4-6,11,13-14,16H,7-10,12H2,1-3H3,(H,21,25). The van der Waals surface area contributed by atoms with Gasteiger partial charge in [-0.05, 0) is 57.2 Å². The molecule has 1 saturated heterocycles. The Bertz CT molecular complexity index is 716. The maximum atomic E-state index is 12.4. The molecule has 2 amide bonds. The lowest BCUT2D eigenvalue weighted by atomic mass is 9.93. The highest BCUT2D eigenvalue weighted by molar-refractivity contribution is 5.89. The van der Waals surface area contributed by atoms with Gasteiger partial charge in [0.1, 0.15) is 12.2 Å². The number of anilines is 1. The second-order valence-corrected chi connectivity index (χ2v) is 7.18. The number of nitrogens with one attached hydrogen (secondary N) is 1. The average Bonchev–Trinajstić information content (AvgIpc) is 3.04. The summed E-state index contributed by atoms with van der Waals surface area (Å²) in [4.78, 5) is 14.3. The average molecular weight is 341 g/mol. The summed E-state index contributed by atoms with van der Waals surface area (Å²) in [6.45, 7) is 7.89. The highest BCUT2D eigenvalue weighted by Gasteiger charge is 2.24. The first-order chi connectivity index (χ1) is 12.0. The molecule has 1 aliphatic heterocycles. The van der Waals surface area contributed by atoms with Crippen LogP contribution in [-0.2, 0) is 6.42 Å². The summed E-state index contributed by atoms with van der Waals surface area (Å²) in [5, 5.41) is 11.3. The van der Waals surface area contributed by atoms with E-state index in [1.807, 2.05) is 42.4 Å². The molecule has 6 heteroatoms. The molecular weight excluding hydrogens is 314 g/mol. The Morgan fingerprint density at radius 3 is 2.76 bits per heavy atom. The van der Waals surface area contributed by atoms with Crippen molar-refractivity contribution in [3.8, 4) is 0 Å². The summed E-state index contributed by atoms with van der Waals surface area (Å²) in [5.74, 6) is 1.61. The van der Waals surface area contributed by atoms with Crippen molar-refractivity contribution in [1.82, 2.24) is 19.7 Å². The van der Waals surface area contributed by atoms with Crippen molar-refractivity contribution < 1.29 is 4.79 Å². The van der Waals surface area contributed by atoms with Crippen LogP contribution in [0.1, 0.15) is 44.1 Å². The van der Waals surface area contributed by atoms with Crippen molar-refractivity contribution in [3.63, 3.8) is 0 Å². The predicted molar refractivity (Wildman–Crippen MR) is 98.6 cm³/mol. The van der Waals surface area contributed by atoms with Crippen LogP contribution in [0.4, 0.5) is 10.5 Å². The fraction of sp³-hybridized carbons (Fsp3) is 0.526. The van der Waals surface area contributed by atoms with Gasteiger partial charge < -0.3 is 14.8 Å². The Labute approximate surface area is 149 Å². The molecule has 0 bridgehead atoms. The number of aromatic nitrogens is 3. The normalized spacial score (nSPS) is 15.6. The van der Waals surface area contributed by atoms with Crippen molar-refractivity contribution in [2.24, 2.45) is 5.92 Å². The van der Waals surface area contributed by atoms with E-state index in [1.165, 1.54) is 0 Å². The molecule has 0 spiro atoms. The van der Waals surface area contributed by atoms with Gasteiger partial charge in [-0.3, -0.25) is 0 Å². The van der Waals surface area contributed by atoms with Crippen LogP contribution in [0.25, 0.3) is 0 Å². The summed E-state index contributed by atoms with van der Waals surface area (Å²) in [6, 6.07) is 8.28. The molecule has 1 aromatic carbocycles. The maximum Gasteiger partial charge on any atom is 0.321 e. The fourth-order valence-electron chi connectivity index (χ4n) is 3.37. The minimum absolute atomic E-state index is 0.00519. The van der Waals surface area contributed by atoms with Crippen LogP contribution < -0.4 is 5.32 Å². The molecule has 0 saturated carbocycles. The lowest BCUT2D eigenvalue weighted by molar-refractivity contribution is 0.181. The number of benzene rings is 1. The van der Waals surface area contributed by atoms with Crippen LogP contribution in [0.5, 0.6) is 0 Å². The molecule has 0 unspecified atom stereocenters. The van der Waals surface area contributed by atoms with Crippen LogP contribution >= 0.6 is 0 Å². The van der Waals surface area contributed by atoms with E-state index in [0.717, 1.165) is 49.4 Å². The van der Waals surface area contributed by atoms with E-state index in [1.54, 1.807) is 0 Å². The summed E-state index contributed by atoms with van der Waals surface area (Å²) in [6.07, 6.45) is 4.76. The molecule has 2 aromatic rings. The van der Waals surface area contributed by atoms with Gasteiger partial charge in [-0.1, -0.05) is 12.1 Å². The minimum atomic E-state index is -0.00519. The summed E-state index contributed by atoms with van der Waals surface area (Å²) >= 11 is 0. The first-order valence-corrected chi connectivity index (χ1v) is 9.04. The highest BCUT2D eigenvalue weighted by atomic mass is 16.2. The summed E-state index contributed by atoms with van der Waals surface area (Å²) in [5.41, 5.74) is 2.00. The Kier molecular flexibility index (Phi) is 5.36. The zero-order chi connectivity index (χ0) is 17.8. The second-order valence-electron chi connectivity index (χ2n) is 7.18. The summed E-state index contributed by atoms with van der Waals surface area (Å²) < 4.78 is 2.14. The van der Waals surface area contributed by atoms with Gasteiger partial charge in [-0.2, -0.15) is 0 Å². The molecule has 0 aliphatic carbocycles. The van der Waals surface area contributed by atoms with Gasteiger partial charge in [0.2, 0.25) is 0 Å². The van der Waals surface area contributed by atoms with Crippen LogP contribution in [0.2, 0.25) is 0 Å². The highest BCUT2D eigenvalue weighted by Crippen LogP contribution is 2.22. The van der Waals surface area contributed by atoms with Crippen molar-refractivity contribution in [2.45, 2.75) is 46.1 Å². The molecule has 1 fully saturated rings. The number of carbonyl (C=O) groups excluding carboxylic acids is 1. The lowest BCUT2D eigenvalue weighted by Gasteiger charge is -2.32. The van der Waals surface area contributed by atoms with E-state index < -0.39 is 0 Å². The second kappa shape index (κ2) is 7.68. The van der Waals surface area contributed by atoms with Gasteiger partial charge in [0.05, 0.1) is 0 Å². The Hall–Kier alpha value is -2.37. The molecule has 0 radical (unpaired) electrons. The minimum Gasteiger partial charge on any atom is -0.325 e. The van der Waals surface area contributed by atoms with Crippen molar-refractivity contribution in [1.29, 1.82) is 0 Å². The largest absolute Gasteiger partial charge is 0.325 e. The van der Waals surface area contributed by atoms with E-state index in [4.69, 9.17) is 0 Å². The number of hydrogen-bond acceptors (Lipinski definition) is 3. The van der Waals surface area contributed by atoms with Crippen LogP contribution in [-0.4, -0.2) is 38.8 Å². The fourth-order valence-corrected chi connectivity index (χ4v) is 3.37. The van der Waals surface area contributed by atoms with Gasteiger partial charge >= 0.3 is 6.03 Å². The van der Waals surface area contributed by atoms with Crippen molar-refractivity contribution >= 4 is 11.7 Å². The van der Waals surface area contributed by atoms with Crippen molar-refractivity contribution in [2.75, 3.05) is 18.4 Å². The van der Waals surface area contributed by atoms with Gasteiger partial charge in [0.25, 0.3) is 0 Å². The zero-order valence-corrected chi connectivity index (χ0v) is 15.3. The number of rotatable bonds is 4. The topological polar surface area (TPSA) is 63.1 Å². The molecule has 2 heterocycles. The first-order valence-electron chi connectivity index (χ1n) is 9.04. The number of urea groups is 1. The van der Waals surface area contributed by atoms with Crippen LogP contribution in [0.15, 0.2) is 30.6 Å². The van der Waals surface area contributed by atoms with E-state index in [0.29, 0.717) is 12.0 Å². The third-order valence-corrected chi connectivity index (χ3v) is 4.85. The van der Waals surface area contributed by atoms with Gasteiger partial charge in [-0.15, -0.1) is 10.2 Å². The molecule has 134 valence electrons. The monoisotopic (exact) mass is 341 g/mol. The molecule has 6 nitrogen and oxygen atoms in total. The molecule has 25 heavy (non-hydrogen) atoms. The molecule has 0 atom stereocenters. The molecule has 1 aromatic heterocycles. The number of nitrogens with zero attached hydrogens (tertiary/aromatic N) is 4. The molecular formula is C19H27N5O. The predicted octanol–water partition coefficient (Wildman–Crippen LogP) is 3.65. The SMILES string of the molecule is Cc1cccc(NC(=O)N2CCC(Cc3nncn3C(C)C)CC2)c1. The van der Waals surface area contributed by atoms with Crippen molar-refractivity contribution in [3.05, 3.63) is 42.0 Å². The first kappa shape index (κ1) is 17.5. The third kappa shape index (κ3) is 4.38. The lowest BCUT2D eigenvalue weighted by Crippen LogP contribution is -2.41. The third-order valence-electron chi connectivity index (χ3n) is 4.85. The Morgan fingerprint density at radius 1 is 1.32 bits per heavy atom. The van der Waals surface area contributed by atoms with Gasteiger partial charge in [0, 0.05) is 31.2 Å². The van der Waals surface area contributed by atoms with E-state index in [9.17, 15) is 4.79 Å². The number of hydrogen-bond donors (Lipinski definition) is 1. The van der Waals surface area contributed by atoms with E-state index in [-0.39, 0.29) is 6.03 Å². The number of aryl methyl sites for hydroxylation is 1. The molecule has 3 rings (SSSR count). The van der Waals surface area contributed by atoms with Gasteiger partial charge in [0.15, 0.2) is 0 Å². The Morgan fingerprint density at radius 2 is 2.08 bits per heavy atom. The number of carbonyl (C=O) groups is 1. The van der Waals surface area contributed by atoms with Crippen LogP contribution in [0.3, 0.4) is 0 Å². The smallest absolute Gasteiger partial charge is 0.321 e. The molecule has 1 N–H and O–H groups in total. The van der Waals surface area contributed by atoms with Gasteiger partial charge in [-0.25, -0.2) is 4.79 Å². The maximum absolute atomic E-state index is 12.4. The van der Waals surface area contributed by atoms with E-state index in [2.05, 4.69) is 33.9 Å². The van der Waals surface area contributed by atoms with E-state index >= 15 is 0 Å². The molecule has 1 aliphatic rings. The number of amides is 2. The summed E-state index contributed by atoms with van der Waals surface area (Å²) in [7, 11) is 0. The zero-order valence-electron chi connectivity index (χ0n) is 15.3.